The first-order valence-corrected chi connectivity index (χ1v) is 12.4. The molecule has 0 atom stereocenters. The van der Waals surface area contributed by atoms with Crippen molar-refractivity contribution < 1.29 is 27.1 Å². The maximum atomic E-state index is 12.7. The monoisotopic (exact) mass is 510 g/mol. The lowest BCUT2D eigenvalue weighted by atomic mass is 10.1. The molecule has 0 aromatic heterocycles. The van der Waals surface area contributed by atoms with Gasteiger partial charge in [0.15, 0.2) is 0 Å². The van der Waals surface area contributed by atoms with Gasteiger partial charge in [-0.05, 0) is 60.2 Å². The predicted octanol–water partition coefficient (Wildman–Crippen LogP) is 4.91. The van der Waals surface area contributed by atoms with Gasteiger partial charge in [-0.2, -0.15) is 8.42 Å². The largest absolute Gasteiger partial charge is 0.379 e. The van der Waals surface area contributed by atoms with Crippen molar-refractivity contribution in [2.24, 2.45) is 0 Å². The van der Waals surface area contributed by atoms with Crippen molar-refractivity contribution in [2.75, 3.05) is 0 Å². The van der Waals surface area contributed by atoms with Crippen LogP contribution < -0.4 is 4.18 Å². The minimum absolute atomic E-state index is 0.0213. The molecule has 9 nitrogen and oxygen atoms in total. The molecule has 3 aromatic rings. The van der Waals surface area contributed by atoms with E-state index in [0.29, 0.717) is 5.56 Å². The summed E-state index contributed by atoms with van der Waals surface area (Å²) in [5.74, 6) is -0.380. The molecule has 3 aromatic carbocycles. The van der Waals surface area contributed by atoms with E-state index in [2.05, 4.69) is 0 Å². The molecule has 1 heterocycles. The predicted molar refractivity (Wildman–Crippen MR) is 130 cm³/mol. The number of imide groups is 1. The molecule has 1 aliphatic heterocycles. The normalized spacial score (nSPS) is 15.0. The van der Waals surface area contributed by atoms with Crippen LogP contribution in [0.25, 0.3) is 6.08 Å². The summed E-state index contributed by atoms with van der Waals surface area (Å²) in [4.78, 5) is 36.4. The molecule has 178 valence electrons. The van der Waals surface area contributed by atoms with E-state index in [4.69, 9.17) is 4.18 Å². The van der Waals surface area contributed by atoms with Crippen LogP contribution in [0.5, 0.6) is 5.75 Å². The summed E-state index contributed by atoms with van der Waals surface area (Å²) < 4.78 is 30.0. The third kappa shape index (κ3) is 5.58. The van der Waals surface area contributed by atoms with Crippen LogP contribution >= 0.6 is 11.8 Å². The van der Waals surface area contributed by atoms with Crippen molar-refractivity contribution >= 4 is 44.8 Å². The third-order valence-corrected chi connectivity index (χ3v) is 7.22. The van der Waals surface area contributed by atoms with Crippen LogP contribution in [0.2, 0.25) is 0 Å². The molecule has 0 bridgehead atoms. The SMILES string of the molecule is Cc1ccc(CN2C(=O)S/C(=C\c3ccc(OS(=O)(=O)c4ccc([N+](=O)[O-])cc4)cc3)C2=O)cc1. The van der Waals surface area contributed by atoms with E-state index in [1.54, 1.807) is 18.2 Å². The molecule has 1 fully saturated rings. The Bertz CT molecular complexity index is 1430. The van der Waals surface area contributed by atoms with E-state index in [1.165, 1.54) is 17.0 Å². The summed E-state index contributed by atoms with van der Waals surface area (Å²) in [6.07, 6.45) is 1.55. The number of carbonyl (C=O) groups excluding carboxylic acids is 2. The van der Waals surface area contributed by atoms with Crippen LogP contribution in [0.15, 0.2) is 82.6 Å². The van der Waals surface area contributed by atoms with Gasteiger partial charge in [0, 0.05) is 12.1 Å². The molecule has 4 rings (SSSR count). The van der Waals surface area contributed by atoms with Gasteiger partial charge < -0.3 is 4.18 Å². The maximum Gasteiger partial charge on any atom is 0.339 e. The zero-order valence-corrected chi connectivity index (χ0v) is 19.9. The minimum Gasteiger partial charge on any atom is -0.379 e. The Hall–Kier alpha value is -3.96. The van der Waals surface area contributed by atoms with Gasteiger partial charge in [0.25, 0.3) is 16.8 Å². The molecule has 2 amide bonds. The molecule has 0 spiro atoms. The van der Waals surface area contributed by atoms with Crippen LogP contribution in [0.3, 0.4) is 0 Å². The fourth-order valence-electron chi connectivity index (χ4n) is 3.19. The Morgan fingerprint density at radius 2 is 1.60 bits per heavy atom. The average molecular weight is 511 g/mol. The van der Waals surface area contributed by atoms with Gasteiger partial charge in [-0.1, -0.05) is 42.0 Å². The molecular weight excluding hydrogens is 492 g/mol. The number of nitro groups is 1. The number of nitrogens with zero attached hydrogens (tertiary/aromatic N) is 2. The molecule has 11 heteroatoms. The molecule has 0 unspecified atom stereocenters. The first kappa shape index (κ1) is 24.2. The standard InChI is InChI=1S/C24H18N2O7S2/c1-16-2-4-18(5-3-16)15-25-23(27)22(34-24(25)28)14-17-6-10-20(11-7-17)33-35(31,32)21-12-8-19(9-13-21)26(29)30/h2-14H,15H2,1H3/b22-14-. The Morgan fingerprint density at radius 1 is 0.971 bits per heavy atom. The van der Waals surface area contributed by atoms with Crippen LogP contribution in [0.4, 0.5) is 10.5 Å². The van der Waals surface area contributed by atoms with E-state index in [0.717, 1.165) is 47.2 Å². The number of benzene rings is 3. The first-order valence-electron chi connectivity index (χ1n) is 10.2. The third-order valence-electron chi connectivity index (χ3n) is 5.05. The number of aryl methyl sites for hydroxylation is 1. The van der Waals surface area contributed by atoms with Crippen molar-refractivity contribution in [1.82, 2.24) is 4.90 Å². The number of hydrogen-bond donors (Lipinski definition) is 0. The highest BCUT2D eigenvalue weighted by molar-refractivity contribution is 8.18. The van der Waals surface area contributed by atoms with Crippen LogP contribution in [0, 0.1) is 17.0 Å². The highest BCUT2D eigenvalue weighted by Crippen LogP contribution is 2.33. The summed E-state index contributed by atoms with van der Waals surface area (Å²) in [7, 11) is -4.19. The van der Waals surface area contributed by atoms with E-state index < -0.39 is 20.9 Å². The van der Waals surface area contributed by atoms with Crippen LogP contribution in [0.1, 0.15) is 16.7 Å². The van der Waals surface area contributed by atoms with E-state index in [9.17, 15) is 28.1 Å². The Morgan fingerprint density at radius 3 is 2.20 bits per heavy atom. The second kappa shape index (κ2) is 9.72. The number of non-ortho nitro benzene ring substituents is 1. The Labute approximate surface area is 205 Å². The molecular formula is C24H18N2O7S2. The summed E-state index contributed by atoms with van der Waals surface area (Å²) in [6, 6.07) is 17.8. The molecule has 0 aliphatic carbocycles. The zero-order valence-electron chi connectivity index (χ0n) is 18.3. The topological polar surface area (TPSA) is 124 Å². The number of nitro benzene ring substituents is 1. The molecule has 0 saturated carbocycles. The van der Waals surface area contributed by atoms with Crippen molar-refractivity contribution in [2.45, 2.75) is 18.4 Å². The second-order valence-corrected chi connectivity index (χ2v) is 10.2. The Kier molecular flexibility index (Phi) is 6.72. The van der Waals surface area contributed by atoms with Crippen molar-refractivity contribution in [3.05, 3.63) is 105 Å². The van der Waals surface area contributed by atoms with E-state index in [1.807, 2.05) is 31.2 Å². The lowest BCUT2D eigenvalue weighted by Gasteiger charge is -2.12. The number of carbonyl (C=O) groups is 2. The second-order valence-electron chi connectivity index (χ2n) is 7.61. The van der Waals surface area contributed by atoms with Crippen LogP contribution in [-0.4, -0.2) is 29.4 Å². The molecule has 0 radical (unpaired) electrons. The fourth-order valence-corrected chi connectivity index (χ4v) is 4.96. The van der Waals surface area contributed by atoms with Crippen molar-refractivity contribution in [3.63, 3.8) is 0 Å². The number of thioether (sulfide) groups is 1. The maximum absolute atomic E-state index is 12.7. The first-order chi connectivity index (χ1) is 16.6. The van der Waals surface area contributed by atoms with Crippen molar-refractivity contribution in [1.29, 1.82) is 0 Å². The lowest BCUT2D eigenvalue weighted by Crippen LogP contribution is -2.27. The summed E-state index contributed by atoms with van der Waals surface area (Å²) in [5.41, 5.74) is 2.26. The van der Waals surface area contributed by atoms with Gasteiger partial charge in [0.2, 0.25) is 0 Å². The minimum atomic E-state index is -4.19. The van der Waals surface area contributed by atoms with Gasteiger partial charge in [0.05, 0.1) is 16.4 Å². The quantitative estimate of drug-likeness (QED) is 0.190. The van der Waals surface area contributed by atoms with Gasteiger partial charge in [-0.25, -0.2) is 0 Å². The molecule has 0 N–H and O–H groups in total. The molecule has 1 aliphatic rings. The molecule has 1 saturated heterocycles. The van der Waals surface area contributed by atoms with Gasteiger partial charge in [-0.3, -0.25) is 24.6 Å². The smallest absolute Gasteiger partial charge is 0.339 e. The highest BCUT2D eigenvalue weighted by atomic mass is 32.2. The Balaban J connectivity index is 1.45. The zero-order chi connectivity index (χ0) is 25.2. The summed E-state index contributed by atoms with van der Waals surface area (Å²) >= 11 is 0.837. The van der Waals surface area contributed by atoms with Gasteiger partial charge >= 0.3 is 10.1 Å². The van der Waals surface area contributed by atoms with E-state index in [-0.39, 0.29) is 33.0 Å². The van der Waals surface area contributed by atoms with Gasteiger partial charge in [0.1, 0.15) is 10.6 Å². The summed E-state index contributed by atoms with van der Waals surface area (Å²) in [5, 5.41) is 10.4. The van der Waals surface area contributed by atoms with E-state index >= 15 is 0 Å². The summed E-state index contributed by atoms with van der Waals surface area (Å²) in [6.45, 7) is 2.13. The number of rotatable bonds is 7. The van der Waals surface area contributed by atoms with Crippen LogP contribution in [-0.2, 0) is 21.5 Å². The van der Waals surface area contributed by atoms with Gasteiger partial charge in [-0.15, -0.1) is 0 Å². The lowest BCUT2D eigenvalue weighted by molar-refractivity contribution is -0.384. The highest BCUT2D eigenvalue weighted by Gasteiger charge is 2.35. The number of amides is 2. The number of hydrogen-bond acceptors (Lipinski definition) is 8. The fraction of sp³-hybridized carbons (Fsp3) is 0.0833. The average Bonchev–Trinajstić information content (AvgIpc) is 3.09. The van der Waals surface area contributed by atoms with Crippen molar-refractivity contribution in [3.8, 4) is 5.75 Å². The molecule has 35 heavy (non-hydrogen) atoms.